The molecule has 2 heteroatoms. The standard InChI is InChI=1S/C18H22Si2/c1-3-9-17(10-4-1)19(13-7-14-19)20(15-8-16-20)18-11-5-2-6-12-18/h1-6,9-12H,7-8,13-16H2. The van der Waals surface area contributed by atoms with Crippen molar-refractivity contribution in [2.45, 2.75) is 37.0 Å². The van der Waals surface area contributed by atoms with Crippen molar-refractivity contribution in [1.29, 1.82) is 0 Å². The van der Waals surface area contributed by atoms with Crippen LogP contribution in [0.5, 0.6) is 0 Å². The predicted molar refractivity (Wildman–Crippen MR) is 92.1 cm³/mol. The summed E-state index contributed by atoms with van der Waals surface area (Å²) >= 11 is 0. The Morgan fingerprint density at radius 2 is 0.850 bits per heavy atom. The predicted octanol–water partition coefficient (Wildman–Crippen LogP) is 3.58. The van der Waals surface area contributed by atoms with Gasteiger partial charge in [0, 0.05) is 0 Å². The second kappa shape index (κ2) is 4.71. The highest BCUT2D eigenvalue weighted by Crippen LogP contribution is 2.48. The van der Waals surface area contributed by atoms with Gasteiger partial charge in [-0.05, 0) is 0 Å². The molecule has 0 aromatic heterocycles. The Morgan fingerprint density at radius 1 is 0.500 bits per heavy atom. The van der Waals surface area contributed by atoms with Crippen LogP contribution >= 0.6 is 0 Å². The van der Waals surface area contributed by atoms with Crippen LogP contribution in [0.15, 0.2) is 60.7 Å². The first kappa shape index (κ1) is 12.6. The van der Waals surface area contributed by atoms with Gasteiger partial charge in [-0.1, -0.05) is 108 Å². The molecule has 0 N–H and O–H groups in total. The number of benzene rings is 2. The highest BCUT2D eigenvalue weighted by atomic mass is 29.3. The third kappa shape index (κ3) is 1.58. The first-order valence-corrected chi connectivity index (χ1v) is 13.8. The van der Waals surface area contributed by atoms with Crippen molar-refractivity contribution in [3.8, 4) is 0 Å². The van der Waals surface area contributed by atoms with Gasteiger partial charge < -0.3 is 0 Å². The van der Waals surface area contributed by atoms with Crippen molar-refractivity contribution in [2.75, 3.05) is 0 Å². The summed E-state index contributed by atoms with van der Waals surface area (Å²) in [5.41, 5.74) is 0. The van der Waals surface area contributed by atoms with Gasteiger partial charge in [0.2, 0.25) is 0 Å². The average Bonchev–Trinajstić information content (AvgIpc) is 2.42. The van der Waals surface area contributed by atoms with Gasteiger partial charge >= 0.3 is 0 Å². The van der Waals surface area contributed by atoms with Gasteiger partial charge in [-0.15, -0.1) is 0 Å². The summed E-state index contributed by atoms with van der Waals surface area (Å²) in [7, 11) is -2.38. The Hall–Kier alpha value is -1.13. The molecular formula is C18H22Si2. The number of hydrogen-bond donors (Lipinski definition) is 0. The Balaban J connectivity index is 1.84. The molecule has 2 fully saturated rings. The second-order valence-corrected chi connectivity index (χ2v) is 19.8. The van der Waals surface area contributed by atoms with E-state index in [0.717, 1.165) is 0 Å². The van der Waals surface area contributed by atoms with E-state index >= 15 is 0 Å². The molecule has 2 heterocycles. The highest BCUT2D eigenvalue weighted by molar-refractivity contribution is 7.53. The minimum Gasteiger partial charge on any atom is -0.0633 e. The molecule has 0 atom stereocenters. The molecule has 2 saturated heterocycles. The van der Waals surface area contributed by atoms with Crippen molar-refractivity contribution < 1.29 is 0 Å². The quantitative estimate of drug-likeness (QED) is 0.759. The topological polar surface area (TPSA) is 0 Å². The first-order chi connectivity index (χ1) is 9.87. The molecular weight excluding hydrogens is 272 g/mol. The van der Waals surface area contributed by atoms with Crippen molar-refractivity contribution in [1.82, 2.24) is 0 Å². The lowest BCUT2D eigenvalue weighted by Gasteiger charge is -2.58. The Morgan fingerprint density at radius 3 is 1.10 bits per heavy atom. The van der Waals surface area contributed by atoms with Crippen LogP contribution < -0.4 is 10.4 Å². The summed E-state index contributed by atoms with van der Waals surface area (Å²) in [6.45, 7) is 0. The van der Waals surface area contributed by atoms with Crippen LogP contribution in [0.3, 0.4) is 0 Å². The van der Waals surface area contributed by atoms with E-state index in [-0.39, 0.29) is 0 Å². The van der Waals surface area contributed by atoms with E-state index in [1.54, 1.807) is 34.5 Å². The fourth-order valence-corrected chi connectivity index (χ4v) is 24.8. The lowest BCUT2D eigenvalue weighted by atomic mass is 10.4. The van der Waals surface area contributed by atoms with Gasteiger partial charge in [0.25, 0.3) is 0 Å². The molecule has 2 aromatic rings. The van der Waals surface area contributed by atoms with E-state index in [1.807, 2.05) is 0 Å². The molecule has 2 aromatic carbocycles. The van der Waals surface area contributed by atoms with Crippen LogP contribution in [0.25, 0.3) is 0 Å². The summed E-state index contributed by atoms with van der Waals surface area (Å²) in [6.07, 6.45) is 2.98. The highest BCUT2D eigenvalue weighted by Gasteiger charge is 2.62. The van der Waals surface area contributed by atoms with Crippen LogP contribution in [0.4, 0.5) is 0 Å². The molecule has 0 spiro atoms. The van der Waals surface area contributed by atoms with Crippen molar-refractivity contribution in [3.05, 3.63) is 60.7 Å². The molecule has 4 rings (SSSR count). The molecule has 0 aliphatic carbocycles. The van der Waals surface area contributed by atoms with E-state index in [0.29, 0.717) is 0 Å². The largest absolute Gasteiger partial charge is 0.0856 e. The van der Waals surface area contributed by atoms with E-state index < -0.39 is 15.2 Å². The third-order valence-electron chi connectivity index (χ3n) is 5.98. The van der Waals surface area contributed by atoms with Crippen LogP contribution in [0.2, 0.25) is 24.2 Å². The maximum Gasteiger partial charge on any atom is 0.0856 e. The fraction of sp³-hybridized carbons (Fsp3) is 0.333. The monoisotopic (exact) mass is 294 g/mol. The molecule has 102 valence electrons. The zero-order chi connectivity index (χ0) is 13.5. The summed E-state index contributed by atoms with van der Waals surface area (Å²) in [5, 5.41) is 3.56. The molecule has 0 saturated carbocycles. The normalized spacial score (nSPS) is 22.6. The molecule has 2 aliphatic rings. The molecule has 0 radical (unpaired) electrons. The zero-order valence-corrected chi connectivity index (χ0v) is 14.0. The van der Waals surface area contributed by atoms with Crippen LogP contribution in [-0.2, 0) is 0 Å². The lowest BCUT2D eigenvalue weighted by Crippen LogP contribution is -2.80. The van der Waals surface area contributed by atoms with Crippen molar-refractivity contribution in [2.24, 2.45) is 0 Å². The summed E-state index contributed by atoms with van der Waals surface area (Å²) in [4.78, 5) is 0. The Labute approximate surface area is 123 Å². The summed E-state index contributed by atoms with van der Waals surface area (Å²) < 4.78 is 0. The van der Waals surface area contributed by atoms with Gasteiger partial charge in [-0.2, -0.15) is 0 Å². The first-order valence-electron chi connectivity index (χ1n) is 7.99. The van der Waals surface area contributed by atoms with Gasteiger partial charge in [0.1, 0.15) is 0 Å². The minimum atomic E-state index is -1.19. The van der Waals surface area contributed by atoms with Crippen LogP contribution in [0, 0.1) is 0 Å². The van der Waals surface area contributed by atoms with E-state index in [2.05, 4.69) is 60.7 Å². The van der Waals surface area contributed by atoms with Gasteiger partial charge in [0.05, 0.1) is 15.2 Å². The van der Waals surface area contributed by atoms with Gasteiger partial charge in [0.15, 0.2) is 0 Å². The van der Waals surface area contributed by atoms with E-state index in [4.69, 9.17) is 0 Å². The molecule has 0 unspecified atom stereocenters. The Bertz CT molecular complexity index is 528. The van der Waals surface area contributed by atoms with Gasteiger partial charge in [-0.3, -0.25) is 0 Å². The maximum atomic E-state index is 2.46. The van der Waals surface area contributed by atoms with Crippen LogP contribution in [0.1, 0.15) is 12.8 Å². The third-order valence-corrected chi connectivity index (χ3v) is 25.7. The van der Waals surface area contributed by atoms with Gasteiger partial charge in [-0.25, -0.2) is 0 Å². The molecule has 0 nitrogen and oxygen atoms in total. The summed E-state index contributed by atoms with van der Waals surface area (Å²) in [6, 6.07) is 29.6. The second-order valence-electron chi connectivity index (χ2n) is 6.60. The van der Waals surface area contributed by atoms with E-state index in [9.17, 15) is 0 Å². The minimum absolute atomic E-state index is 1.19. The zero-order valence-electron chi connectivity index (χ0n) is 12.0. The maximum absolute atomic E-state index is 2.46. The van der Waals surface area contributed by atoms with Crippen LogP contribution in [-0.4, -0.2) is 15.2 Å². The SMILES string of the molecule is c1ccc([Si]2([Si]3(c4ccccc4)CCC3)CCC2)cc1. The smallest absolute Gasteiger partial charge is 0.0633 e. The molecule has 20 heavy (non-hydrogen) atoms. The fourth-order valence-electron chi connectivity index (χ4n) is 4.66. The summed E-state index contributed by atoms with van der Waals surface area (Å²) in [5.74, 6) is 0. The number of hydrogen-bond acceptors (Lipinski definition) is 0. The number of rotatable bonds is 3. The molecule has 0 amide bonds. The average molecular weight is 295 g/mol. The van der Waals surface area contributed by atoms with Crippen molar-refractivity contribution in [3.63, 3.8) is 0 Å². The Kier molecular flexibility index (Phi) is 2.97. The molecule has 2 aliphatic heterocycles. The lowest BCUT2D eigenvalue weighted by molar-refractivity contribution is 0.884. The molecule has 0 bridgehead atoms. The van der Waals surface area contributed by atoms with Crippen molar-refractivity contribution >= 4 is 25.6 Å². The van der Waals surface area contributed by atoms with E-state index in [1.165, 1.54) is 12.8 Å².